The molecule has 5 nitrogen and oxygen atoms in total. The summed E-state index contributed by atoms with van der Waals surface area (Å²) in [5, 5.41) is 11.6. The van der Waals surface area contributed by atoms with Crippen LogP contribution >= 0.6 is 0 Å². The molecule has 0 aliphatic carbocycles. The number of nitrogens with zero attached hydrogens (tertiary/aromatic N) is 3. The first-order valence-corrected chi connectivity index (χ1v) is 7.47. The van der Waals surface area contributed by atoms with Gasteiger partial charge in [0, 0.05) is 24.9 Å². The van der Waals surface area contributed by atoms with Crippen molar-refractivity contribution in [3.05, 3.63) is 35.8 Å². The number of aryl methyl sites for hydroxylation is 1. The van der Waals surface area contributed by atoms with Gasteiger partial charge < -0.3 is 14.3 Å². The maximum Gasteiger partial charge on any atom is 0.236 e. The van der Waals surface area contributed by atoms with E-state index in [2.05, 4.69) is 52.4 Å². The van der Waals surface area contributed by atoms with Crippen LogP contribution in [-0.4, -0.2) is 21.3 Å². The summed E-state index contributed by atoms with van der Waals surface area (Å²) in [4.78, 5) is 0. The molecule has 1 atom stereocenters. The zero-order valence-electron chi connectivity index (χ0n) is 12.6. The van der Waals surface area contributed by atoms with Gasteiger partial charge in [0.1, 0.15) is 6.54 Å². The molecular formula is C15H24N4O. The zero-order valence-corrected chi connectivity index (χ0v) is 12.6. The second-order valence-electron chi connectivity index (χ2n) is 4.96. The first kappa shape index (κ1) is 14.8. The topological polar surface area (TPSA) is 55.9 Å². The van der Waals surface area contributed by atoms with Crippen LogP contribution in [0.3, 0.4) is 0 Å². The summed E-state index contributed by atoms with van der Waals surface area (Å²) in [6, 6.07) is 2.60. The van der Waals surface area contributed by atoms with Gasteiger partial charge in [-0.3, -0.25) is 0 Å². The predicted molar refractivity (Wildman–Crippen MR) is 78.5 cm³/mol. The maximum atomic E-state index is 5.54. The van der Waals surface area contributed by atoms with Crippen molar-refractivity contribution in [1.82, 2.24) is 20.1 Å². The second-order valence-corrected chi connectivity index (χ2v) is 4.96. The lowest BCUT2D eigenvalue weighted by atomic mass is 10.1. The summed E-state index contributed by atoms with van der Waals surface area (Å²) in [5.41, 5.74) is 1.32. The molecule has 0 saturated heterocycles. The molecule has 0 aliphatic heterocycles. The lowest BCUT2D eigenvalue weighted by Crippen LogP contribution is -2.20. The number of aromatic nitrogens is 3. The fourth-order valence-corrected chi connectivity index (χ4v) is 2.34. The Labute approximate surface area is 120 Å². The van der Waals surface area contributed by atoms with Crippen LogP contribution in [0.4, 0.5) is 0 Å². The third kappa shape index (κ3) is 3.70. The van der Waals surface area contributed by atoms with Crippen molar-refractivity contribution >= 4 is 0 Å². The van der Waals surface area contributed by atoms with Crippen molar-refractivity contribution in [2.75, 3.05) is 6.54 Å². The van der Waals surface area contributed by atoms with E-state index in [0.29, 0.717) is 24.4 Å². The van der Waals surface area contributed by atoms with Gasteiger partial charge in [-0.15, -0.1) is 10.2 Å². The molecule has 2 aromatic rings. The van der Waals surface area contributed by atoms with Crippen LogP contribution in [0.25, 0.3) is 0 Å². The molecule has 1 N–H and O–H groups in total. The highest BCUT2D eigenvalue weighted by atomic mass is 16.4. The Kier molecular flexibility index (Phi) is 5.35. The Bertz CT molecular complexity index is 511. The Morgan fingerprint density at radius 1 is 1.25 bits per heavy atom. The molecule has 110 valence electrons. The number of hydrogen-bond acceptors (Lipinski definition) is 4. The molecule has 0 amide bonds. The van der Waals surface area contributed by atoms with Crippen LogP contribution in [0.1, 0.15) is 57.0 Å². The molecule has 2 aromatic heterocycles. The highest BCUT2D eigenvalue weighted by molar-refractivity contribution is 5.16. The molecule has 0 spiro atoms. The summed E-state index contributed by atoms with van der Waals surface area (Å²) >= 11 is 0. The van der Waals surface area contributed by atoms with Crippen molar-refractivity contribution < 1.29 is 4.42 Å². The van der Waals surface area contributed by atoms with E-state index in [1.165, 1.54) is 12.0 Å². The minimum absolute atomic E-state index is 0.431. The zero-order chi connectivity index (χ0) is 14.4. The molecule has 0 fully saturated rings. The van der Waals surface area contributed by atoms with Crippen LogP contribution < -0.4 is 5.32 Å². The van der Waals surface area contributed by atoms with E-state index in [4.69, 9.17) is 4.42 Å². The van der Waals surface area contributed by atoms with Gasteiger partial charge in [-0.2, -0.15) is 0 Å². The van der Waals surface area contributed by atoms with E-state index in [1.807, 2.05) is 6.92 Å². The smallest absolute Gasteiger partial charge is 0.236 e. The van der Waals surface area contributed by atoms with Crippen LogP contribution in [0.15, 0.2) is 22.9 Å². The van der Waals surface area contributed by atoms with Crippen molar-refractivity contribution in [2.45, 2.75) is 52.6 Å². The summed E-state index contributed by atoms with van der Waals surface area (Å²) in [6.45, 7) is 7.99. The third-order valence-electron chi connectivity index (χ3n) is 3.33. The Hall–Kier alpha value is -1.62. The maximum absolute atomic E-state index is 5.54. The van der Waals surface area contributed by atoms with Gasteiger partial charge >= 0.3 is 0 Å². The van der Waals surface area contributed by atoms with Crippen LogP contribution in [0, 0.1) is 0 Å². The van der Waals surface area contributed by atoms with E-state index in [9.17, 15) is 0 Å². The largest absolute Gasteiger partial charge is 0.423 e. The van der Waals surface area contributed by atoms with Gasteiger partial charge in [0.05, 0.1) is 0 Å². The van der Waals surface area contributed by atoms with Crippen LogP contribution in [0.5, 0.6) is 0 Å². The summed E-state index contributed by atoms with van der Waals surface area (Å²) in [7, 11) is 0. The standard InChI is InChI=1S/C15H24N4O/c1-4-7-13(16-6-3)12-8-9-19(10-12)11-15-18-17-14(5-2)20-15/h8-10,13,16H,4-7,11H2,1-3H3. The highest BCUT2D eigenvalue weighted by Gasteiger charge is 2.11. The van der Waals surface area contributed by atoms with E-state index >= 15 is 0 Å². The van der Waals surface area contributed by atoms with Crippen molar-refractivity contribution in [3.8, 4) is 0 Å². The normalized spacial score (nSPS) is 12.8. The molecule has 0 bridgehead atoms. The Balaban J connectivity index is 2.03. The van der Waals surface area contributed by atoms with Crippen LogP contribution in [-0.2, 0) is 13.0 Å². The van der Waals surface area contributed by atoms with Gasteiger partial charge in [-0.1, -0.05) is 27.2 Å². The van der Waals surface area contributed by atoms with Crippen LogP contribution in [0.2, 0.25) is 0 Å². The Morgan fingerprint density at radius 3 is 2.70 bits per heavy atom. The van der Waals surface area contributed by atoms with Gasteiger partial charge in [-0.05, 0) is 24.6 Å². The van der Waals surface area contributed by atoms with E-state index in [0.717, 1.165) is 19.4 Å². The van der Waals surface area contributed by atoms with Gasteiger partial charge in [-0.25, -0.2) is 0 Å². The van der Waals surface area contributed by atoms with Crippen molar-refractivity contribution in [1.29, 1.82) is 0 Å². The molecule has 20 heavy (non-hydrogen) atoms. The van der Waals surface area contributed by atoms with E-state index in [-0.39, 0.29) is 0 Å². The van der Waals surface area contributed by atoms with Crippen molar-refractivity contribution in [3.63, 3.8) is 0 Å². The lowest BCUT2D eigenvalue weighted by Gasteiger charge is -2.15. The minimum atomic E-state index is 0.431. The Morgan fingerprint density at radius 2 is 2.05 bits per heavy atom. The van der Waals surface area contributed by atoms with Gasteiger partial charge in [0.2, 0.25) is 11.8 Å². The third-order valence-corrected chi connectivity index (χ3v) is 3.33. The first-order valence-electron chi connectivity index (χ1n) is 7.47. The molecule has 5 heteroatoms. The average Bonchev–Trinajstić information content (AvgIpc) is 3.08. The minimum Gasteiger partial charge on any atom is -0.423 e. The van der Waals surface area contributed by atoms with Gasteiger partial charge in [0.15, 0.2) is 0 Å². The lowest BCUT2D eigenvalue weighted by molar-refractivity contribution is 0.442. The summed E-state index contributed by atoms with van der Waals surface area (Å²) in [5.74, 6) is 1.36. The number of rotatable bonds is 8. The van der Waals surface area contributed by atoms with E-state index < -0.39 is 0 Å². The number of hydrogen-bond donors (Lipinski definition) is 1. The molecule has 0 radical (unpaired) electrons. The predicted octanol–water partition coefficient (Wildman–Crippen LogP) is 2.93. The summed E-state index contributed by atoms with van der Waals surface area (Å²) < 4.78 is 7.64. The molecule has 0 saturated carbocycles. The molecule has 1 unspecified atom stereocenters. The fraction of sp³-hybridized carbons (Fsp3) is 0.600. The first-order chi connectivity index (χ1) is 9.76. The molecular weight excluding hydrogens is 252 g/mol. The second kappa shape index (κ2) is 7.24. The van der Waals surface area contributed by atoms with Gasteiger partial charge in [0.25, 0.3) is 0 Å². The molecule has 0 aliphatic rings. The summed E-state index contributed by atoms with van der Waals surface area (Å²) in [6.07, 6.45) is 7.34. The SMILES string of the molecule is CCCC(NCC)c1ccn(Cc2nnc(CC)o2)c1. The average molecular weight is 276 g/mol. The fourth-order valence-electron chi connectivity index (χ4n) is 2.34. The monoisotopic (exact) mass is 276 g/mol. The molecule has 0 aromatic carbocycles. The van der Waals surface area contributed by atoms with Crippen molar-refractivity contribution in [2.24, 2.45) is 0 Å². The quantitative estimate of drug-likeness (QED) is 0.805. The molecule has 2 heterocycles. The number of nitrogens with one attached hydrogen (secondary N) is 1. The molecule has 2 rings (SSSR count). The van der Waals surface area contributed by atoms with E-state index in [1.54, 1.807) is 0 Å². The highest BCUT2D eigenvalue weighted by Crippen LogP contribution is 2.19.